The predicted molar refractivity (Wildman–Crippen MR) is 72.3 cm³/mol. The van der Waals surface area contributed by atoms with E-state index in [1.54, 1.807) is 0 Å². The zero-order chi connectivity index (χ0) is 12.0. The molecule has 2 aliphatic rings. The SMILES string of the molecule is [2H]c1ccccc1C1=CC=C2C(=S)C(C)=CC21. The lowest BCUT2D eigenvalue weighted by atomic mass is 9.93. The smallest absolute Gasteiger partial charge is 0.0629 e. The number of allylic oxidation sites excluding steroid dienone is 6. The highest BCUT2D eigenvalue weighted by molar-refractivity contribution is 7.81. The molecule has 3 rings (SSSR count). The lowest BCUT2D eigenvalue weighted by Gasteiger charge is -2.10. The summed E-state index contributed by atoms with van der Waals surface area (Å²) in [5, 5.41) is 0. The van der Waals surface area contributed by atoms with Crippen molar-refractivity contribution in [3.63, 3.8) is 0 Å². The van der Waals surface area contributed by atoms with Crippen LogP contribution in [0.2, 0.25) is 0 Å². The minimum Gasteiger partial charge on any atom is -0.0795 e. The molecule has 0 aromatic heterocycles. The molecule has 0 amide bonds. The molecule has 0 heterocycles. The summed E-state index contributed by atoms with van der Waals surface area (Å²) in [5.41, 5.74) is 4.61. The van der Waals surface area contributed by atoms with E-state index in [1.807, 2.05) is 24.3 Å². The van der Waals surface area contributed by atoms with Crippen molar-refractivity contribution in [1.82, 2.24) is 0 Å². The van der Waals surface area contributed by atoms with Gasteiger partial charge in [-0.05, 0) is 29.2 Å². The van der Waals surface area contributed by atoms with Crippen molar-refractivity contribution in [1.29, 1.82) is 0 Å². The minimum absolute atomic E-state index is 0.272. The first kappa shape index (κ1) is 8.66. The standard InChI is InChI=1S/C15H12S/c1-10-9-14-12(7-8-13(14)15(10)16)11-5-3-2-4-6-11/h2-9,14H,1H3/i5D. The second-order valence-corrected chi connectivity index (χ2v) is 4.58. The zero-order valence-electron chi connectivity index (χ0n) is 10.0. The second-order valence-electron chi connectivity index (χ2n) is 4.18. The fraction of sp³-hybridized carbons (Fsp3) is 0.133. The van der Waals surface area contributed by atoms with Crippen molar-refractivity contribution in [2.45, 2.75) is 6.92 Å². The normalized spacial score (nSPS) is 23.6. The topological polar surface area (TPSA) is 0 Å². The van der Waals surface area contributed by atoms with E-state index in [2.05, 4.69) is 25.2 Å². The Balaban J connectivity index is 2.05. The van der Waals surface area contributed by atoms with Gasteiger partial charge in [-0.15, -0.1) is 0 Å². The first-order chi connectivity index (χ1) is 8.18. The lowest BCUT2D eigenvalue weighted by Crippen LogP contribution is -2.00. The van der Waals surface area contributed by atoms with E-state index >= 15 is 0 Å². The Bertz CT molecular complexity index is 605. The molecule has 0 fully saturated rings. The van der Waals surface area contributed by atoms with Gasteiger partial charge in [0.05, 0.1) is 1.37 Å². The van der Waals surface area contributed by atoms with Gasteiger partial charge in [-0.2, -0.15) is 0 Å². The van der Waals surface area contributed by atoms with Crippen LogP contribution in [0, 0.1) is 5.92 Å². The van der Waals surface area contributed by atoms with Gasteiger partial charge < -0.3 is 0 Å². The lowest BCUT2D eigenvalue weighted by molar-refractivity contribution is 1.10. The van der Waals surface area contributed by atoms with E-state index < -0.39 is 0 Å². The van der Waals surface area contributed by atoms with Gasteiger partial charge in [-0.1, -0.05) is 60.8 Å². The summed E-state index contributed by atoms with van der Waals surface area (Å²) in [6.07, 6.45) is 6.41. The molecule has 0 aliphatic heterocycles. The summed E-state index contributed by atoms with van der Waals surface area (Å²) < 4.78 is 7.97. The number of thiocarbonyl (C=S) groups is 1. The van der Waals surface area contributed by atoms with Crippen molar-refractivity contribution in [3.8, 4) is 0 Å². The van der Waals surface area contributed by atoms with Gasteiger partial charge in [0, 0.05) is 10.8 Å². The molecule has 0 nitrogen and oxygen atoms in total. The number of hydrogen-bond donors (Lipinski definition) is 0. The Kier molecular flexibility index (Phi) is 1.91. The summed E-state index contributed by atoms with van der Waals surface area (Å²) in [6, 6.07) is 8.30. The summed E-state index contributed by atoms with van der Waals surface area (Å²) >= 11 is 5.40. The molecule has 16 heavy (non-hydrogen) atoms. The molecular weight excluding hydrogens is 212 g/mol. The summed E-state index contributed by atoms with van der Waals surface area (Å²) in [6.45, 7) is 2.06. The van der Waals surface area contributed by atoms with E-state index in [0.29, 0.717) is 6.04 Å². The van der Waals surface area contributed by atoms with Crippen LogP contribution in [0.4, 0.5) is 0 Å². The van der Waals surface area contributed by atoms with E-state index in [1.165, 1.54) is 16.7 Å². The monoisotopic (exact) mass is 225 g/mol. The maximum Gasteiger partial charge on any atom is 0.0629 e. The van der Waals surface area contributed by atoms with Gasteiger partial charge in [0.15, 0.2) is 0 Å². The molecule has 0 saturated carbocycles. The Hall–Kier alpha value is -1.47. The molecule has 78 valence electrons. The van der Waals surface area contributed by atoms with Crippen molar-refractivity contribution in [2.75, 3.05) is 0 Å². The van der Waals surface area contributed by atoms with Gasteiger partial charge >= 0.3 is 0 Å². The first-order valence-corrected chi connectivity index (χ1v) is 5.80. The van der Waals surface area contributed by atoms with Gasteiger partial charge in [0.25, 0.3) is 0 Å². The van der Waals surface area contributed by atoms with Crippen LogP contribution in [0.3, 0.4) is 0 Å². The van der Waals surface area contributed by atoms with Crippen LogP contribution < -0.4 is 0 Å². The fourth-order valence-corrected chi connectivity index (χ4v) is 2.60. The maximum atomic E-state index is 7.97. The quantitative estimate of drug-likeness (QED) is 0.652. The summed E-state index contributed by atoms with van der Waals surface area (Å²) in [4.78, 5) is 0.976. The summed E-state index contributed by atoms with van der Waals surface area (Å²) in [7, 11) is 0. The van der Waals surface area contributed by atoms with E-state index in [4.69, 9.17) is 13.6 Å². The molecule has 0 saturated heterocycles. The van der Waals surface area contributed by atoms with Gasteiger partial charge in [0.1, 0.15) is 0 Å². The van der Waals surface area contributed by atoms with Crippen molar-refractivity contribution >= 4 is 22.7 Å². The van der Waals surface area contributed by atoms with Gasteiger partial charge in [-0.3, -0.25) is 0 Å². The Morgan fingerprint density at radius 1 is 1.19 bits per heavy atom. The van der Waals surface area contributed by atoms with Crippen molar-refractivity contribution < 1.29 is 1.37 Å². The molecule has 0 bridgehead atoms. The number of benzene rings is 1. The molecule has 1 unspecified atom stereocenters. The first-order valence-electron chi connectivity index (χ1n) is 5.89. The average molecular weight is 225 g/mol. The molecule has 2 aliphatic carbocycles. The van der Waals surface area contributed by atoms with Gasteiger partial charge in [-0.25, -0.2) is 0 Å². The predicted octanol–water partition coefficient (Wildman–Crippen LogP) is 3.96. The van der Waals surface area contributed by atoms with E-state index in [-0.39, 0.29) is 5.92 Å². The van der Waals surface area contributed by atoms with E-state index in [9.17, 15) is 0 Å². The minimum atomic E-state index is 0.272. The third-order valence-corrected chi connectivity index (χ3v) is 3.73. The maximum absolute atomic E-state index is 7.97. The highest BCUT2D eigenvalue weighted by atomic mass is 32.1. The van der Waals surface area contributed by atoms with E-state index in [0.717, 1.165) is 10.4 Å². The average Bonchev–Trinajstić information content (AvgIpc) is 2.83. The number of hydrogen-bond acceptors (Lipinski definition) is 1. The van der Waals surface area contributed by atoms with Crippen LogP contribution >= 0.6 is 12.2 Å². The van der Waals surface area contributed by atoms with Crippen molar-refractivity contribution in [2.24, 2.45) is 5.92 Å². The fourth-order valence-electron chi connectivity index (χ4n) is 2.33. The molecular formula is C15H12S. The van der Waals surface area contributed by atoms with Crippen molar-refractivity contribution in [3.05, 3.63) is 65.2 Å². The second kappa shape index (κ2) is 3.53. The van der Waals surface area contributed by atoms with Crippen LogP contribution in [-0.4, -0.2) is 4.86 Å². The third kappa shape index (κ3) is 1.32. The number of fused-ring (bicyclic) bond motifs is 1. The Morgan fingerprint density at radius 2 is 2.00 bits per heavy atom. The molecule has 0 radical (unpaired) electrons. The Morgan fingerprint density at radius 3 is 2.81 bits per heavy atom. The molecule has 1 aromatic rings. The van der Waals surface area contributed by atoms with Crippen LogP contribution in [0.15, 0.2) is 59.7 Å². The molecule has 1 aromatic carbocycles. The van der Waals surface area contributed by atoms with Crippen LogP contribution in [0.5, 0.6) is 0 Å². The largest absolute Gasteiger partial charge is 0.0795 e. The van der Waals surface area contributed by atoms with Crippen LogP contribution in [0.25, 0.3) is 5.57 Å². The molecule has 0 N–H and O–H groups in total. The highest BCUT2D eigenvalue weighted by Gasteiger charge is 2.30. The molecule has 1 atom stereocenters. The van der Waals surface area contributed by atoms with Crippen LogP contribution in [-0.2, 0) is 0 Å². The third-order valence-electron chi connectivity index (χ3n) is 3.17. The molecule has 0 spiro atoms. The zero-order valence-corrected chi connectivity index (χ0v) is 9.84. The Labute approximate surface area is 102 Å². The van der Waals surface area contributed by atoms with Crippen LogP contribution in [0.1, 0.15) is 13.9 Å². The highest BCUT2D eigenvalue weighted by Crippen LogP contribution is 2.41. The van der Waals surface area contributed by atoms with Gasteiger partial charge in [0.2, 0.25) is 0 Å². The number of rotatable bonds is 1. The summed E-state index contributed by atoms with van der Waals surface area (Å²) in [5.74, 6) is 0.272. The molecule has 1 heteroatoms.